The van der Waals surface area contributed by atoms with Crippen LogP contribution in [0.2, 0.25) is 0 Å². The number of piperidine rings is 1. The number of ketones is 1. The minimum absolute atomic E-state index is 0.146. The molecule has 2 aromatic carbocycles. The minimum atomic E-state index is -4.78. The minimum Gasteiger partial charge on any atom is -0.494 e. The highest BCUT2D eigenvalue weighted by molar-refractivity contribution is 7.94. The highest BCUT2D eigenvalue weighted by Gasteiger charge is 2.58. The van der Waals surface area contributed by atoms with Crippen molar-refractivity contribution in [3.63, 3.8) is 0 Å². The van der Waals surface area contributed by atoms with E-state index in [0.717, 1.165) is 32.4 Å². The summed E-state index contributed by atoms with van der Waals surface area (Å²) >= 11 is 0. The number of nitrogens with one attached hydrogen (secondary N) is 3. The van der Waals surface area contributed by atoms with Gasteiger partial charge in [-0.1, -0.05) is 24.3 Å². The van der Waals surface area contributed by atoms with Gasteiger partial charge in [-0.2, -0.15) is 0 Å². The molecule has 1 saturated heterocycles. The lowest BCUT2D eigenvalue weighted by atomic mass is 9.95. The molecule has 11 heteroatoms. The Hall–Kier alpha value is -3.25. The third-order valence-corrected chi connectivity index (χ3v) is 8.96. The van der Waals surface area contributed by atoms with Crippen molar-refractivity contribution in [2.24, 2.45) is 11.8 Å². The van der Waals surface area contributed by atoms with Crippen molar-refractivity contribution in [3.8, 4) is 5.75 Å². The normalized spacial score (nSPS) is 16.5. The van der Waals surface area contributed by atoms with E-state index in [1.165, 1.54) is 24.3 Å². The Morgan fingerprint density at radius 2 is 1.86 bits per heavy atom. The largest absolute Gasteiger partial charge is 0.494 e. The third kappa shape index (κ3) is 4.87. The van der Waals surface area contributed by atoms with Crippen LogP contribution in [0.25, 0.3) is 10.9 Å². The molecule has 4 rings (SSSR count). The predicted molar refractivity (Wildman–Crippen MR) is 135 cm³/mol. The second kappa shape index (κ2) is 10.8. The summed E-state index contributed by atoms with van der Waals surface area (Å²) in [4.78, 5) is 28.6. The fourth-order valence-corrected chi connectivity index (χ4v) is 6.38. The average Bonchev–Trinajstić information content (AvgIpc) is 3.32. The van der Waals surface area contributed by atoms with E-state index < -0.39 is 32.9 Å². The Morgan fingerprint density at radius 3 is 2.56 bits per heavy atom. The van der Waals surface area contributed by atoms with E-state index in [9.17, 15) is 23.1 Å². The van der Waals surface area contributed by atoms with E-state index >= 15 is 0 Å². The molecule has 10 nitrogen and oxygen atoms in total. The van der Waals surface area contributed by atoms with E-state index in [2.05, 4.69) is 15.7 Å². The van der Waals surface area contributed by atoms with Crippen molar-refractivity contribution >= 4 is 32.5 Å². The van der Waals surface area contributed by atoms with Crippen LogP contribution in [-0.2, 0) is 14.6 Å². The van der Waals surface area contributed by atoms with Crippen LogP contribution >= 0.6 is 0 Å². The summed E-state index contributed by atoms with van der Waals surface area (Å²) in [6.45, 7) is 1.50. The first-order chi connectivity index (χ1) is 17.3. The standard InChI is InChI=1S/C25H30N4O6S/c26-28-16-25(24(31)32,23(30)22-14-18-4-1-2-7-21(18)29-22)36(33,34)20-6-3-5-19(15-20)35-13-10-17-8-11-27-12-9-17/h1-7,14-15,17,27-29H,8-13,16,26H2,(H,31,32)/t25-/m0/s1. The number of Topliss-reactive ketones (excluding diaryl/α,β-unsaturated/α-hetero) is 1. The third-order valence-electron chi connectivity index (χ3n) is 6.67. The van der Waals surface area contributed by atoms with Gasteiger partial charge < -0.3 is 20.1 Å². The number of nitrogens with two attached hydrogens (primary N) is 1. The highest BCUT2D eigenvalue weighted by Crippen LogP contribution is 2.32. The zero-order chi connectivity index (χ0) is 25.8. The van der Waals surface area contributed by atoms with Crippen LogP contribution in [0.5, 0.6) is 5.75 Å². The molecule has 1 aliphatic heterocycles. The molecule has 2 heterocycles. The molecule has 0 saturated carbocycles. The Bertz CT molecular complexity index is 1320. The van der Waals surface area contributed by atoms with Crippen molar-refractivity contribution in [1.29, 1.82) is 0 Å². The van der Waals surface area contributed by atoms with E-state index in [-0.39, 0.29) is 16.3 Å². The Labute approximate surface area is 209 Å². The molecule has 36 heavy (non-hydrogen) atoms. The van der Waals surface area contributed by atoms with E-state index in [0.29, 0.717) is 23.4 Å². The summed E-state index contributed by atoms with van der Waals surface area (Å²) in [7, 11) is -4.78. The molecule has 1 aliphatic rings. The molecule has 1 fully saturated rings. The maximum Gasteiger partial charge on any atom is 0.335 e. The zero-order valence-electron chi connectivity index (χ0n) is 19.7. The second-order valence-corrected chi connectivity index (χ2v) is 11.1. The number of ether oxygens (including phenoxy) is 1. The van der Waals surface area contributed by atoms with Crippen LogP contribution in [0.1, 0.15) is 29.8 Å². The molecule has 3 aromatic rings. The quantitative estimate of drug-likeness (QED) is 0.111. The molecule has 0 spiro atoms. The van der Waals surface area contributed by atoms with Crippen molar-refractivity contribution in [2.45, 2.75) is 28.9 Å². The topological polar surface area (TPSA) is 164 Å². The molecule has 1 atom stereocenters. The van der Waals surface area contributed by atoms with Crippen LogP contribution in [0, 0.1) is 5.92 Å². The fourth-order valence-electron chi connectivity index (χ4n) is 4.59. The summed E-state index contributed by atoms with van der Waals surface area (Å²) in [5.74, 6) is 3.27. The van der Waals surface area contributed by atoms with Crippen LogP contribution in [0.4, 0.5) is 0 Å². The van der Waals surface area contributed by atoms with E-state index in [4.69, 9.17) is 10.6 Å². The number of carbonyl (C=O) groups excluding carboxylic acids is 1. The Morgan fingerprint density at radius 1 is 1.11 bits per heavy atom. The summed E-state index contributed by atoms with van der Waals surface area (Å²) in [5, 5.41) is 14.1. The van der Waals surface area contributed by atoms with Crippen molar-refractivity contribution < 1.29 is 27.9 Å². The summed E-state index contributed by atoms with van der Waals surface area (Å²) in [5.41, 5.74) is 2.53. The first-order valence-corrected chi connectivity index (χ1v) is 13.3. The first kappa shape index (κ1) is 25.8. The van der Waals surface area contributed by atoms with Crippen LogP contribution < -0.4 is 21.3 Å². The number of sulfone groups is 1. The van der Waals surface area contributed by atoms with E-state index in [1.54, 1.807) is 30.3 Å². The fraction of sp³-hybridized carbons (Fsp3) is 0.360. The average molecular weight is 515 g/mol. The number of fused-ring (bicyclic) bond motifs is 1. The lowest BCUT2D eigenvalue weighted by Crippen LogP contribution is -2.60. The Kier molecular flexibility index (Phi) is 7.74. The maximum atomic E-state index is 13.8. The number of hydrogen-bond donors (Lipinski definition) is 5. The number of para-hydroxylation sites is 1. The molecule has 1 aromatic heterocycles. The summed E-state index contributed by atoms with van der Waals surface area (Å²) in [6, 6.07) is 13.9. The van der Waals surface area contributed by atoms with Gasteiger partial charge in [0.1, 0.15) is 5.75 Å². The zero-order valence-corrected chi connectivity index (χ0v) is 20.5. The summed E-state index contributed by atoms with van der Waals surface area (Å²) in [6.07, 6.45) is 2.94. The number of hydrazine groups is 1. The number of hydrogen-bond acceptors (Lipinski definition) is 8. The molecule has 0 amide bonds. The van der Waals surface area contributed by atoms with Gasteiger partial charge in [0.05, 0.1) is 17.2 Å². The predicted octanol–water partition coefficient (Wildman–Crippen LogP) is 1.88. The number of benzene rings is 2. The van der Waals surface area contributed by atoms with Gasteiger partial charge in [-0.3, -0.25) is 16.1 Å². The molecule has 192 valence electrons. The van der Waals surface area contributed by atoms with Crippen molar-refractivity contribution in [2.75, 3.05) is 26.2 Å². The lowest BCUT2D eigenvalue weighted by molar-refractivity contribution is -0.138. The van der Waals surface area contributed by atoms with Gasteiger partial charge in [0.15, 0.2) is 0 Å². The molecule has 0 aliphatic carbocycles. The number of rotatable bonds is 11. The van der Waals surface area contributed by atoms with Gasteiger partial charge in [0.25, 0.3) is 4.75 Å². The molecule has 6 N–H and O–H groups in total. The second-order valence-electron chi connectivity index (χ2n) is 8.92. The molecular weight excluding hydrogens is 484 g/mol. The number of H-pyrrole nitrogens is 1. The van der Waals surface area contributed by atoms with Crippen LogP contribution in [0.15, 0.2) is 59.5 Å². The van der Waals surface area contributed by atoms with Crippen molar-refractivity contribution in [1.82, 2.24) is 15.7 Å². The number of carboxylic acid groups (broad SMARTS) is 1. The molecule has 0 unspecified atom stereocenters. The number of carboxylic acids is 1. The van der Waals surface area contributed by atoms with Gasteiger partial charge in [0, 0.05) is 17.4 Å². The Balaban J connectivity index is 1.65. The lowest BCUT2D eigenvalue weighted by Gasteiger charge is -2.27. The van der Waals surface area contributed by atoms with Gasteiger partial charge in [-0.05, 0) is 68.6 Å². The van der Waals surface area contributed by atoms with Gasteiger partial charge in [0.2, 0.25) is 15.6 Å². The van der Waals surface area contributed by atoms with E-state index in [1.807, 2.05) is 0 Å². The number of aromatic nitrogens is 1. The van der Waals surface area contributed by atoms with Crippen LogP contribution in [-0.4, -0.2) is 61.2 Å². The molecular formula is C25H30N4O6S. The molecule has 0 radical (unpaired) electrons. The summed E-state index contributed by atoms with van der Waals surface area (Å²) < 4.78 is 30.5. The maximum absolute atomic E-state index is 13.8. The number of carbonyl (C=O) groups is 2. The molecule has 0 bridgehead atoms. The van der Waals surface area contributed by atoms with Gasteiger partial charge >= 0.3 is 5.97 Å². The van der Waals surface area contributed by atoms with Crippen molar-refractivity contribution in [3.05, 3.63) is 60.3 Å². The smallest absolute Gasteiger partial charge is 0.335 e. The first-order valence-electron chi connectivity index (χ1n) is 11.8. The number of aliphatic carboxylic acids is 1. The van der Waals surface area contributed by atoms with Gasteiger partial charge in [-0.15, -0.1) is 0 Å². The SMILES string of the molecule is NNC[C@@](C(=O)O)(C(=O)c1cc2ccccc2[nH]1)S(=O)(=O)c1cccc(OCCC2CCNCC2)c1. The monoisotopic (exact) mass is 514 g/mol. The van der Waals surface area contributed by atoms with Crippen LogP contribution in [0.3, 0.4) is 0 Å². The highest BCUT2D eigenvalue weighted by atomic mass is 32.2. The van der Waals surface area contributed by atoms with Gasteiger partial charge in [-0.25, -0.2) is 13.2 Å². The number of aromatic amines is 1.